The minimum Gasteiger partial charge on any atom is -0.508 e. The highest BCUT2D eigenvalue weighted by atomic mass is 35.5. The van der Waals surface area contributed by atoms with Crippen LogP contribution in [0.15, 0.2) is 71.8 Å². The van der Waals surface area contributed by atoms with Crippen LogP contribution in [0.3, 0.4) is 0 Å². The SMILES string of the molecule is C/C=C(\C)[C@H]1OC(=O)[C@@H](C)NC(=O)[C@H]([C@H](C)CC)NC(=O)CN(C)C(=O)[C@@H](Cc2ccc(Cl)cc2)N(C)C(=O)[C@H](C)NC(=O)[C@@H](CC(C)C)OC(=O)/C(C)=C\C[C@H](OC(=O)NCCc2ccc(O)cc2)[C@@H]1C. The van der Waals surface area contributed by atoms with Gasteiger partial charge in [0, 0.05) is 50.0 Å². The normalized spacial score (nSPS) is 25.6. The summed E-state index contributed by atoms with van der Waals surface area (Å²) in [6.07, 6.45) is -0.0839. The van der Waals surface area contributed by atoms with Crippen LogP contribution in [0.4, 0.5) is 4.79 Å². The van der Waals surface area contributed by atoms with E-state index in [1.54, 1.807) is 70.2 Å². The Morgan fingerprint density at radius 1 is 0.889 bits per heavy atom. The highest BCUT2D eigenvalue weighted by Gasteiger charge is 2.37. The quantitative estimate of drug-likeness (QED) is 0.106. The molecule has 396 valence electrons. The van der Waals surface area contributed by atoms with Gasteiger partial charge < -0.3 is 50.4 Å². The first-order valence-electron chi connectivity index (χ1n) is 24.5. The number of esters is 2. The lowest BCUT2D eigenvalue weighted by molar-refractivity contribution is -0.155. The molecule has 0 bridgehead atoms. The molecule has 9 atom stereocenters. The Bertz CT molecular complexity index is 2270. The number of likely N-dealkylation sites (N-methyl/N-ethyl adjacent to an activating group) is 2. The van der Waals surface area contributed by atoms with E-state index in [0.29, 0.717) is 29.0 Å². The molecule has 0 fully saturated rings. The topological polar surface area (TPSA) is 239 Å². The number of hydrogen-bond acceptors (Lipinski definition) is 12. The molecule has 1 aliphatic rings. The number of ether oxygens (including phenoxy) is 3. The number of cyclic esters (lactones) is 2. The Balaban J connectivity index is 2.10. The van der Waals surface area contributed by atoms with E-state index in [1.807, 2.05) is 20.8 Å². The van der Waals surface area contributed by atoms with E-state index in [4.69, 9.17) is 25.8 Å². The lowest BCUT2D eigenvalue weighted by Crippen LogP contribution is -2.57. The van der Waals surface area contributed by atoms with Gasteiger partial charge in [0.15, 0.2) is 6.10 Å². The zero-order valence-corrected chi connectivity index (χ0v) is 44.5. The van der Waals surface area contributed by atoms with E-state index in [-0.39, 0.29) is 43.0 Å². The molecule has 0 spiro atoms. The number of hydrogen-bond donors (Lipinski definition) is 5. The molecule has 1 heterocycles. The number of benzene rings is 2. The van der Waals surface area contributed by atoms with Crippen LogP contribution in [0.1, 0.15) is 99.6 Å². The number of allylic oxidation sites excluding steroid dienone is 1. The summed E-state index contributed by atoms with van der Waals surface area (Å²) >= 11 is 6.15. The molecule has 19 heteroatoms. The van der Waals surface area contributed by atoms with E-state index in [1.165, 1.54) is 58.0 Å². The van der Waals surface area contributed by atoms with Gasteiger partial charge >= 0.3 is 18.0 Å². The number of halogens is 1. The minimum atomic E-state index is -1.34. The molecule has 18 nitrogen and oxygen atoms in total. The Labute approximate surface area is 429 Å². The van der Waals surface area contributed by atoms with Crippen LogP contribution in [-0.4, -0.2) is 132 Å². The highest BCUT2D eigenvalue weighted by Crippen LogP contribution is 2.26. The van der Waals surface area contributed by atoms with Crippen LogP contribution in [0.25, 0.3) is 0 Å². The predicted octanol–water partition coefficient (Wildman–Crippen LogP) is 5.57. The fourth-order valence-electron chi connectivity index (χ4n) is 7.85. The zero-order chi connectivity index (χ0) is 54.0. The molecule has 0 aromatic heterocycles. The van der Waals surface area contributed by atoms with Gasteiger partial charge in [-0.2, -0.15) is 0 Å². The van der Waals surface area contributed by atoms with Gasteiger partial charge in [0.25, 0.3) is 5.91 Å². The summed E-state index contributed by atoms with van der Waals surface area (Å²) in [5.41, 5.74) is 2.15. The summed E-state index contributed by atoms with van der Waals surface area (Å²) in [7, 11) is 2.79. The summed E-state index contributed by atoms with van der Waals surface area (Å²) in [6, 6.07) is 8.40. The average Bonchev–Trinajstić information content (AvgIpc) is 3.34. The maximum Gasteiger partial charge on any atom is 0.407 e. The van der Waals surface area contributed by atoms with Gasteiger partial charge in [-0.3, -0.25) is 24.0 Å². The number of nitrogens with one attached hydrogen (secondary N) is 4. The molecule has 1 aliphatic heterocycles. The molecule has 3 rings (SSSR count). The summed E-state index contributed by atoms with van der Waals surface area (Å²) in [5, 5.41) is 20.9. The van der Waals surface area contributed by atoms with Crippen molar-refractivity contribution in [2.75, 3.05) is 27.2 Å². The fourth-order valence-corrected chi connectivity index (χ4v) is 7.97. The van der Waals surface area contributed by atoms with Crippen molar-refractivity contribution in [1.82, 2.24) is 31.1 Å². The van der Waals surface area contributed by atoms with Crippen molar-refractivity contribution in [3.63, 3.8) is 0 Å². The van der Waals surface area contributed by atoms with Gasteiger partial charge in [-0.05, 0) is 100 Å². The van der Waals surface area contributed by atoms with Crippen molar-refractivity contribution in [2.45, 2.75) is 144 Å². The van der Waals surface area contributed by atoms with Crippen LogP contribution in [0, 0.1) is 17.8 Å². The van der Waals surface area contributed by atoms with Gasteiger partial charge in [0.05, 0.1) is 6.54 Å². The second kappa shape index (κ2) is 28.6. The van der Waals surface area contributed by atoms with Crippen molar-refractivity contribution >= 4 is 59.2 Å². The van der Waals surface area contributed by atoms with Crippen LogP contribution >= 0.6 is 11.6 Å². The summed E-state index contributed by atoms with van der Waals surface area (Å²) < 4.78 is 17.9. The maximum atomic E-state index is 14.3. The van der Waals surface area contributed by atoms with Gasteiger partial charge in [0.1, 0.15) is 42.1 Å². The Kier molecular flexibility index (Phi) is 23.8. The second-order valence-electron chi connectivity index (χ2n) is 19.1. The van der Waals surface area contributed by atoms with E-state index < -0.39 is 108 Å². The number of phenolic OH excluding ortho intramolecular Hbond substituents is 1. The molecule has 0 radical (unpaired) electrons. The van der Waals surface area contributed by atoms with Gasteiger partial charge in [-0.25, -0.2) is 14.4 Å². The Morgan fingerprint density at radius 3 is 2.10 bits per heavy atom. The number of phenols is 1. The fraction of sp³-hybridized carbons (Fsp3) is 0.547. The second-order valence-corrected chi connectivity index (χ2v) is 19.5. The molecule has 2 aromatic carbocycles. The van der Waals surface area contributed by atoms with Crippen LogP contribution in [-0.2, 0) is 60.6 Å². The minimum absolute atomic E-state index is 0.000744. The summed E-state index contributed by atoms with van der Waals surface area (Å²) in [4.78, 5) is 113. The standard InChI is InChI=1S/C53H75ClN6O12/c1-13-31(5)45-48(64)57-36(10)52(68)72-46(32(6)14-2)34(8)42(71-53(69)55-26-25-37-18-22-40(61)23-19-37)24-15-33(7)51(67)70-43(27-30(3)4)47(63)56-35(9)49(65)60(12)41(28-38-16-20-39(54)21-17-38)50(66)59(11)29-44(62)58-45/h14-23,30-31,34-36,41-43,45-46,61H,13,24-29H2,1-12H3,(H,55,69)(H,56,63)(H,57,64)(H,58,62)/b32-14+,33-15-/t31-,34+,35+,36-,41-,42+,43-,45+,46-/m1/s1. The molecule has 0 unspecified atom stereocenters. The Hall–Kier alpha value is -6.43. The monoisotopic (exact) mass is 1020 g/mol. The third-order valence-electron chi connectivity index (χ3n) is 12.7. The van der Waals surface area contributed by atoms with Gasteiger partial charge in [-0.15, -0.1) is 0 Å². The van der Waals surface area contributed by atoms with Crippen LogP contribution in [0.2, 0.25) is 5.02 Å². The number of carbonyl (C=O) groups is 8. The number of amides is 6. The molecule has 5 N–H and O–H groups in total. The smallest absolute Gasteiger partial charge is 0.407 e. The number of nitrogens with zero attached hydrogens (tertiary/aromatic N) is 2. The van der Waals surface area contributed by atoms with Gasteiger partial charge in [-0.1, -0.05) is 89.1 Å². The molecular weight excluding hydrogens is 948 g/mol. The number of carbonyl (C=O) groups excluding carboxylic acids is 8. The number of rotatable bonds is 11. The van der Waals surface area contributed by atoms with E-state index in [0.717, 1.165) is 10.5 Å². The first-order chi connectivity index (χ1) is 33.9. The summed E-state index contributed by atoms with van der Waals surface area (Å²) in [6.45, 7) is 16.4. The first-order valence-corrected chi connectivity index (χ1v) is 24.8. The molecule has 0 aliphatic carbocycles. The molecule has 0 saturated carbocycles. The lowest BCUT2D eigenvalue weighted by Gasteiger charge is -2.33. The molecule has 0 saturated heterocycles. The Morgan fingerprint density at radius 2 is 1.50 bits per heavy atom. The van der Waals surface area contributed by atoms with E-state index in [2.05, 4.69) is 21.3 Å². The molecule has 72 heavy (non-hydrogen) atoms. The highest BCUT2D eigenvalue weighted by molar-refractivity contribution is 6.30. The van der Waals surface area contributed by atoms with Crippen LogP contribution in [0.5, 0.6) is 5.75 Å². The van der Waals surface area contributed by atoms with Crippen LogP contribution < -0.4 is 21.3 Å². The number of alkyl carbamates (subject to hydrolysis) is 1. The van der Waals surface area contributed by atoms with Crippen molar-refractivity contribution in [1.29, 1.82) is 0 Å². The van der Waals surface area contributed by atoms with E-state index in [9.17, 15) is 43.5 Å². The number of aromatic hydroxyl groups is 1. The molecule has 2 aromatic rings. The third-order valence-corrected chi connectivity index (χ3v) is 13.0. The molecular formula is C53H75ClN6O12. The maximum absolute atomic E-state index is 14.3. The average molecular weight is 1020 g/mol. The van der Waals surface area contributed by atoms with Crippen molar-refractivity contribution in [3.8, 4) is 5.75 Å². The largest absolute Gasteiger partial charge is 0.508 e. The molecule has 6 amide bonds. The lowest BCUT2D eigenvalue weighted by atomic mass is 9.90. The van der Waals surface area contributed by atoms with Crippen molar-refractivity contribution < 1.29 is 57.7 Å². The zero-order valence-electron chi connectivity index (χ0n) is 43.7. The van der Waals surface area contributed by atoms with E-state index >= 15 is 0 Å². The predicted molar refractivity (Wildman–Crippen MR) is 272 cm³/mol. The first kappa shape index (κ1) is 59.9. The summed E-state index contributed by atoms with van der Waals surface area (Å²) in [5.74, 6) is -6.31. The van der Waals surface area contributed by atoms with Gasteiger partial charge in [0.2, 0.25) is 23.6 Å². The van der Waals surface area contributed by atoms with Crippen molar-refractivity contribution in [3.05, 3.63) is 88.0 Å². The third kappa shape index (κ3) is 18.3. The van der Waals surface area contributed by atoms with Crippen molar-refractivity contribution in [2.24, 2.45) is 17.8 Å².